The van der Waals surface area contributed by atoms with Crippen molar-refractivity contribution in [3.05, 3.63) is 30.2 Å². The molecule has 10 heavy (non-hydrogen) atoms. The van der Waals surface area contributed by atoms with E-state index in [1.807, 2.05) is 0 Å². The number of anilines is 1. The Kier molecular flexibility index (Phi) is 1.67. The quantitative estimate of drug-likeness (QED) is 0.637. The molecule has 1 aromatic heterocycles. The number of nitrogens with two attached hydrogens (primary N) is 1. The molecule has 0 fully saturated rings. The highest BCUT2D eigenvalue weighted by Gasteiger charge is 1.96. The lowest BCUT2D eigenvalue weighted by atomic mass is 10.2. The number of aromatic nitrogens is 1. The van der Waals surface area contributed by atoms with Crippen molar-refractivity contribution in [3.63, 3.8) is 0 Å². The number of hydrogen-bond donors (Lipinski definition) is 1. The molecule has 0 radical (unpaired) electrons. The van der Waals surface area contributed by atoms with E-state index >= 15 is 0 Å². The van der Waals surface area contributed by atoms with Gasteiger partial charge in [0.25, 0.3) is 0 Å². The van der Waals surface area contributed by atoms with E-state index in [2.05, 4.69) is 11.6 Å². The van der Waals surface area contributed by atoms with E-state index in [1.165, 1.54) is 12.1 Å². The average molecular weight is 138 g/mol. The summed E-state index contributed by atoms with van der Waals surface area (Å²) in [5, 5.41) is 0. The first-order chi connectivity index (χ1) is 4.74. The summed E-state index contributed by atoms with van der Waals surface area (Å²) in [5.41, 5.74) is 5.88. The van der Waals surface area contributed by atoms with Gasteiger partial charge in [0.05, 0.1) is 6.20 Å². The van der Waals surface area contributed by atoms with Gasteiger partial charge < -0.3 is 5.73 Å². The van der Waals surface area contributed by atoms with Crippen LogP contribution in [-0.2, 0) is 0 Å². The van der Waals surface area contributed by atoms with Gasteiger partial charge in [-0.05, 0) is 6.07 Å². The zero-order valence-corrected chi connectivity index (χ0v) is 5.34. The van der Waals surface area contributed by atoms with E-state index in [4.69, 9.17) is 5.73 Å². The van der Waals surface area contributed by atoms with Gasteiger partial charge in [-0.25, -0.2) is 9.37 Å². The van der Waals surface area contributed by atoms with Crippen LogP contribution in [0.1, 0.15) is 5.56 Å². The standard InChI is InChI=1S/C7H7FN2/c1-2-5-3-6(8)4-10-7(5)9/h2-4H,1H2,(H2,9,10). The van der Waals surface area contributed by atoms with E-state index in [1.54, 1.807) is 0 Å². The zero-order valence-electron chi connectivity index (χ0n) is 5.34. The summed E-state index contributed by atoms with van der Waals surface area (Å²) in [7, 11) is 0. The Hall–Kier alpha value is -1.38. The first-order valence-corrected chi connectivity index (χ1v) is 2.77. The molecule has 0 atom stereocenters. The van der Waals surface area contributed by atoms with Crippen LogP contribution in [0.4, 0.5) is 10.2 Å². The Morgan fingerprint density at radius 3 is 2.90 bits per heavy atom. The van der Waals surface area contributed by atoms with Gasteiger partial charge in [-0.3, -0.25) is 0 Å². The van der Waals surface area contributed by atoms with Gasteiger partial charge in [0, 0.05) is 5.56 Å². The lowest BCUT2D eigenvalue weighted by molar-refractivity contribution is 0.621. The smallest absolute Gasteiger partial charge is 0.142 e. The molecule has 0 aromatic carbocycles. The van der Waals surface area contributed by atoms with E-state index in [-0.39, 0.29) is 0 Å². The molecular weight excluding hydrogens is 131 g/mol. The molecule has 52 valence electrons. The molecule has 0 aliphatic rings. The molecule has 1 heterocycles. The minimum Gasteiger partial charge on any atom is -0.383 e. The largest absolute Gasteiger partial charge is 0.383 e. The van der Waals surface area contributed by atoms with Gasteiger partial charge in [-0.2, -0.15) is 0 Å². The van der Waals surface area contributed by atoms with Crippen molar-refractivity contribution in [3.8, 4) is 0 Å². The van der Waals surface area contributed by atoms with Crippen molar-refractivity contribution in [1.29, 1.82) is 0 Å². The third-order valence-corrected chi connectivity index (χ3v) is 1.14. The first-order valence-electron chi connectivity index (χ1n) is 2.77. The Morgan fingerprint density at radius 1 is 1.70 bits per heavy atom. The van der Waals surface area contributed by atoms with Crippen LogP contribution in [0.25, 0.3) is 6.08 Å². The predicted octanol–water partition coefficient (Wildman–Crippen LogP) is 1.45. The van der Waals surface area contributed by atoms with Gasteiger partial charge in [0.1, 0.15) is 11.6 Å². The third-order valence-electron chi connectivity index (χ3n) is 1.14. The molecule has 1 aromatic rings. The van der Waals surface area contributed by atoms with Crippen LogP contribution in [0.3, 0.4) is 0 Å². The second-order valence-corrected chi connectivity index (χ2v) is 1.83. The zero-order chi connectivity index (χ0) is 7.56. The summed E-state index contributed by atoms with van der Waals surface area (Å²) in [6.45, 7) is 3.45. The summed E-state index contributed by atoms with van der Waals surface area (Å²) >= 11 is 0. The fourth-order valence-corrected chi connectivity index (χ4v) is 0.629. The minimum atomic E-state index is -0.399. The Bertz CT molecular complexity index is 258. The minimum absolute atomic E-state index is 0.302. The van der Waals surface area contributed by atoms with E-state index in [0.717, 1.165) is 6.20 Å². The summed E-state index contributed by atoms with van der Waals surface area (Å²) < 4.78 is 12.4. The van der Waals surface area contributed by atoms with Gasteiger partial charge in [-0.15, -0.1) is 0 Å². The summed E-state index contributed by atoms with van der Waals surface area (Å²) in [5.74, 6) is -0.0968. The van der Waals surface area contributed by atoms with Crippen LogP contribution in [0.5, 0.6) is 0 Å². The van der Waals surface area contributed by atoms with Crippen molar-refractivity contribution >= 4 is 11.9 Å². The van der Waals surface area contributed by atoms with Crippen molar-refractivity contribution in [2.75, 3.05) is 5.73 Å². The maximum Gasteiger partial charge on any atom is 0.142 e. The monoisotopic (exact) mass is 138 g/mol. The number of rotatable bonds is 1. The molecule has 0 saturated heterocycles. The molecular formula is C7H7FN2. The van der Waals surface area contributed by atoms with Crippen LogP contribution >= 0.6 is 0 Å². The van der Waals surface area contributed by atoms with Gasteiger partial charge in [0.2, 0.25) is 0 Å². The topological polar surface area (TPSA) is 38.9 Å². The number of nitrogen functional groups attached to an aromatic ring is 1. The molecule has 0 spiro atoms. The molecule has 2 N–H and O–H groups in total. The normalized spacial score (nSPS) is 9.30. The molecule has 1 rings (SSSR count). The van der Waals surface area contributed by atoms with E-state index in [0.29, 0.717) is 11.4 Å². The highest BCUT2D eigenvalue weighted by Crippen LogP contribution is 2.09. The third kappa shape index (κ3) is 1.13. The van der Waals surface area contributed by atoms with Gasteiger partial charge >= 0.3 is 0 Å². The Labute approximate surface area is 58.2 Å². The van der Waals surface area contributed by atoms with Crippen molar-refractivity contribution in [1.82, 2.24) is 4.98 Å². The van der Waals surface area contributed by atoms with Crippen molar-refractivity contribution in [2.24, 2.45) is 0 Å². The molecule has 0 aliphatic carbocycles. The molecule has 3 heteroatoms. The Balaban J connectivity index is 3.21. The number of halogens is 1. The molecule has 0 amide bonds. The lowest BCUT2D eigenvalue weighted by Crippen LogP contribution is -1.93. The molecule has 0 bridgehead atoms. The van der Waals surface area contributed by atoms with E-state index < -0.39 is 5.82 Å². The Morgan fingerprint density at radius 2 is 2.40 bits per heavy atom. The van der Waals surface area contributed by atoms with Gasteiger partial charge in [-0.1, -0.05) is 12.7 Å². The first kappa shape index (κ1) is 6.74. The second kappa shape index (κ2) is 2.47. The fourth-order valence-electron chi connectivity index (χ4n) is 0.629. The molecule has 0 unspecified atom stereocenters. The molecule has 0 saturated carbocycles. The highest BCUT2D eigenvalue weighted by molar-refractivity contribution is 5.58. The molecule has 2 nitrogen and oxygen atoms in total. The second-order valence-electron chi connectivity index (χ2n) is 1.83. The SMILES string of the molecule is C=Cc1cc(F)cnc1N. The maximum absolute atomic E-state index is 12.4. The van der Waals surface area contributed by atoms with Crippen LogP contribution in [0, 0.1) is 5.82 Å². The highest BCUT2D eigenvalue weighted by atomic mass is 19.1. The van der Waals surface area contributed by atoms with Crippen molar-refractivity contribution < 1.29 is 4.39 Å². The number of nitrogens with zero attached hydrogens (tertiary/aromatic N) is 1. The van der Waals surface area contributed by atoms with Crippen LogP contribution in [0.2, 0.25) is 0 Å². The average Bonchev–Trinajstić information content (AvgIpc) is 1.94. The predicted molar refractivity (Wildman–Crippen MR) is 38.7 cm³/mol. The van der Waals surface area contributed by atoms with Gasteiger partial charge in [0.15, 0.2) is 0 Å². The number of pyridine rings is 1. The maximum atomic E-state index is 12.4. The number of hydrogen-bond acceptors (Lipinski definition) is 2. The molecule has 0 aliphatic heterocycles. The summed E-state index contributed by atoms with van der Waals surface area (Å²) in [6, 6.07) is 1.29. The van der Waals surface area contributed by atoms with Crippen LogP contribution < -0.4 is 5.73 Å². The van der Waals surface area contributed by atoms with E-state index in [9.17, 15) is 4.39 Å². The van der Waals surface area contributed by atoms with Crippen molar-refractivity contribution in [2.45, 2.75) is 0 Å². The van der Waals surface area contributed by atoms with Crippen LogP contribution in [-0.4, -0.2) is 4.98 Å². The van der Waals surface area contributed by atoms with Crippen LogP contribution in [0.15, 0.2) is 18.8 Å². The summed E-state index contributed by atoms with van der Waals surface area (Å²) in [4.78, 5) is 3.58. The summed E-state index contributed by atoms with van der Waals surface area (Å²) in [6.07, 6.45) is 2.54. The fraction of sp³-hybridized carbons (Fsp3) is 0. The lowest BCUT2D eigenvalue weighted by Gasteiger charge is -1.96.